The van der Waals surface area contributed by atoms with Crippen molar-refractivity contribution in [1.29, 1.82) is 0 Å². The van der Waals surface area contributed by atoms with Crippen LogP contribution < -0.4 is 10.2 Å². The van der Waals surface area contributed by atoms with Crippen molar-refractivity contribution in [2.24, 2.45) is 0 Å². The van der Waals surface area contributed by atoms with E-state index in [9.17, 15) is 0 Å². The summed E-state index contributed by atoms with van der Waals surface area (Å²) < 4.78 is 5.13. The van der Waals surface area contributed by atoms with Crippen molar-refractivity contribution in [3.63, 3.8) is 0 Å². The number of nitrogens with zero attached hydrogens (tertiary/aromatic N) is 1. The molecule has 1 N–H and O–H groups in total. The fourth-order valence-corrected chi connectivity index (χ4v) is 2.31. The summed E-state index contributed by atoms with van der Waals surface area (Å²) in [7, 11) is 2.07. The normalized spacial score (nSPS) is 11.7. The van der Waals surface area contributed by atoms with Crippen molar-refractivity contribution >= 4 is 17.3 Å². The molecule has 21 heavy (non-hydrogen) atoms. The van der Waals surface area contributed by atoms with Gasteiger partial charge in [0.25, 0.3) is 0 Å². The smallest absolute Gasteiger partial charge is 0.0952 e. The third-order valence-electron chi connectivity index (χ3n) is 3.27. The SMILES string of the molecule is CN(Cc1ccoc1)c1cc(Cl)ccc1CNC(C)(C)C. The lowest BCUT2D eigenvalue weighted by Crippen LogP contribution is -2.35. The molecule has 2 rings (SSSR count). The third-order valence-corrected chi connectivity index (χ3v) is 3.50. The van der Waals surface area contributed by atoms with Gasteiger partial charge in [0.2, 0.25) is 0 Å². The molecule has 1 heterocycles. The zero-order valence-electron chi connectivity index (χ0n) is 13.1. The first-order chi connectivity index (χ1) is 9.85. The van der Waals surface area contributed by atoms with E-state index in [1.54, 1.807) is 12.5 Å². The maximum Gasteiger partial charge on any atom is 0.0952 e. The molecule has 0 aliphatic heterocycles. The molecule has 0 atom stereocenters. The highest BCUT2D eigenvalue weighted by Gasteiger charge is 2.13. The van der Waals surface area contributed by atoms with Crippen molar-refractivity contribution in [2.45, 2.75) is 39.4 Å². The molecule has 0 bridgehead atoms. The summed E-state index contributed by atoms with van der Waals surface area (Å²) in [6.45, 7) is 8.10. The van der Waals surface area contributed by atoms with Crippen molar-refractivity contribution < 1.29 is 4.42 Å². The fourth-order valence-electron chi connectivity index (χ4n) is 2.14. The summed E-state index contributed by atoms with van der Waals surface area (Å²) in [6, 6.07) is 8.02. The molecule has 1 aromatic heterocycles. The maximum absolute atomic E-state index is 6.17. The second-order valence-electron chi connectivity index (χ2n) is 6.36. The number of halogens is 1. The fraction of sp³-hybridized carbons (Fsp3) is 0.412. The Morgan fingerprint density at radius 3 is 2.62 bits per heavy atom. The van der Waals surface area contributed by atoms with Gasteiger partial charge in [0.05, 0.1) is 12.5 Å². The topological polar surface area (TPSA) is 28.4 Å². The first-order valence-corrected chi connectivity index (χ1v) is 7.48. The minimum absolute atomic E-state index is 0.0834. The Labute approximate surface area is 131 Å². The van der Waals surface area contributed by atoms with Crippen LogP contribution in [0.15, 0.2) is 41.2 Å². The van der Waals surface area contributed by atoms with Crippen LogP contribution in [0.2, 0.25) is 5.02 Å². The second-order valence-corrected chi connectivity index (χ2v) is 6.80. The standard InChI is InChI=1S/C17H23ClN2O/c1-17(2,3)19-10-14-5-6-15(18)9-16(14)20(4)11-13-7-8-21-12-13/h5-9,12,19H,10-11H2,1-4H3. The highest BCUT2D eigenvalue weighted by atomic mass is 35.5. The van der Waals surface area contributed by atoms with E-state index >= 15 is 0 Å². The van der Waals surface area contributed by atoms with Gasteiger partial charge in [-0.1, -0.05) is 17.7 Å². The Balaban J connectivity index is 2.18. The molecule has 0 aliphatic rings. The van der Waals surface area contributed by atoms with Crippen LogP contribution in [0.3, 0.4) is 0 Å². The van der Waals surface area contributed by atoms with Crippen molar-refractivity contribution in [3.8, 4) is 0 Å². The summed E-state index contributed by atoms with van der Waals surface area (Å²) in [4.78, 5) is 2.19. The number of benzene rings is 1. The summed E-state index contributed by atoms with van der Waals surface area (Å²) in [6.07, 6.45) is 3.47. The predicted molar refractivity (Wildman–Crippen MR) is 88.9 cm³/mol. The van der Waals surface area contributed by atoms with Gasteiger partial charge in [-0.25, -0.2) is 0 Å². The molecule has 0 aliphatic carbocycles. The van der Waals surface area contributed by atoms with Gasteiger partial charge in [-0.3, -0.25) is 0 Å². The summed E-state index contributed by atoms with van der Waals surface area (Å²) in [5.74, 6) is 0. The molecular formula is C17H23ClN2O. The number of anilines is 1. The molecule has 0 fully saturated rings. The van der Waals surface area contributed by atoms with Crippen LogP contribution in [0, 0.1) is 0 Å². The molecule has 0 saturated carbocycles. The monoisotopic (exact) mass is 306 g/mol. The van der Waals surface area contributed by atoms with Crippen LogP contribution in [0.1, 0.15) is 31.9 Å². The van der Waals surface area contributed by atoms with E-state index in [2.05, 4.69) is 44.1 Å². The molecule has 3 nitrogen and oxygen atoms in total. The lowest BCUT2D eigenvalue weighted by atomic mass is 10.1. The van der Waals surface area contributed by atoms with E-state index in [1.165, 1.54) is 5.56 Å². The van der Waals surface area contributed by atoms with Crippen molar-refractivity contribution in [2.75, 3.05) is 11.9 Å². The minimum Gasteiger partial charge on any atom is -0.472 e. The summed E-state index contributed by atoms with van der Waals surface area (Å²) in [5.41, 5.74) is 3.60. The third kappa shape index (κ3) is 4.80. The van der Waals surface area contributed by atoms with E-state index in [1.807, 2.05) is 18.2 Å². The van der Waals surface area contributed by atoms with Crippen LogP contribution >= 0.6 is 11.6 Å². The van der Waals surface area contributed by atoms with Crippen LogP contribution in [0.25, 0.3) is 0 Å². The number of hydrogen-bond donors (Lipinski definition) is 1. The number of furan rings is 1. The molecule has 114 valence electrons. The molecule has 4 heteroatoms. The Morgan fingerprint density at radius 1 is 1.24 bits per heavy atom. The molecule has 0 spiro atoms. The first kappa shape index (κ1) is 15.9. The molecule has 1 aromatic carbocycles. The molecule has 0 unspecified atom stereocenters. The Morgan fingerprint density at radius 2 is 2.00 bits per heavy atom. The molecule has 0 saturated heterocycles. The van der Waals surface area contributed by atoms with Gasteiger partial charge in [-0.05, 0) is 44.5 Å². The van der Waals surface area contributed by atoms with Gasteiger partial charge in [0.15, 0.2) is 0 Å². The minimum atomic E-state index is 0.0834. The van der Waals surface area contributed by atoms with E-state index < -0.39 is 0 Å². The van der Waals surface area contributed by atoms with Gasteiger partial charge in [-0.15, -0.1) is 0 Å². The highest BCUT2D eigenvalue weighted by Crippen LogP contribution is 2.26. The van der Waals surface area contributed by atoms with Crippen LogP contribution in [0.5, 0.6) is 0 Å². The average molecular weight is 307 g/mol. The Bertz CT molecular complexity index is 573. The maximum atomic E-state index is 6.17. The lowest BCUT2D eigenvalue weighted by molar-refractivity contribution is 0.424. The van der Waals surface area contributed by atoms with Crippen molar-refractivity contribution in [1.82, 2.24) is 5.32 Å². The first-order valence-electron chi connectivity index (χ1n) is 7.11. The van der Waals surface area contributed by atoms with Gasteiger partial charge >= 0.3 is 0 Å². The van der Waals surface area contributed by atoms with E-state index in [0.717, 1.165) is 29.4 Å². The number of rotatable bonds is 5. The van der Waals surface area contributed by atoms with Gasteiger partial charge in [-0.2, -0.15) is 0 Å². The number of nitrogens with one attached hydrogen (secondary N) is 1. The Kier molecular flexibility index (Phi) is 4.96. The van der Waals surface area contributed by atoms with E-state index in [4.69, 9.17) is 16.0 Å². The molecule has 0 amide bonds. The van der Waals surface area contributed by atoms with E-state index in [-0.39, 0.29) is 5.54 Å². The van der Waals surface area contributed by atoms with Gasteiger partial charge in [0.1, 0.15) is 0 Å². The zero-order valence-corrected chi connectivity index (χ0v) is 13.9. The predicted octanol–water partition coefficient (Wildman–Crippen LogP) is 4.46. The van der Waals surface area contributed by atoms with Gasteiger partial charge in [0, 0.05) is 41.9 Å². The van der Waals surface area contributed by atoms with Crippen LogP contribution in [-0.4, -0.2) is 12.6 Å². The quantitative estimate of drug-likeness (QED) is 0.884. The van der Waals surface area contributed by atoms with E-state index in [0.29, 0.717) is 0 Å². The van der Waals surface area contributed by atoms with Crippen LogP contribution in [-0.2, 0) is 13.1 Å². The molecule has 2 aromatic rings. The summed E-state index contributed by atoms with van der Waals surface area (Å²) in [5, 5.41) is 4.28. The summed E-state index contributed by atoms with van der Waals surface area (Å²) >= 11 is 6.17. The molecular weight excluding hydrogens is 284 g/mol. The largest absolute Gasteiger partial charge is 0.472 e. The highest BCUT2D eigenvalue weighted by molar-refractivity contribution is 6.30. The zero-order chi connectivity index (χ0) is 15.5. The van der Waals surface area contributed by atoms with Crippen molar-refractivity contribution in [3.05, 3.63) is 52.9 Å². The van der Waals surface area contributed by atoms with Crippen LogP contribution in [0.4, 0.5) is 5.69 Å². The Hall–Kier alpha value is -1.45. The lowest BCUT2D eigenvalue weighted by Gasteiger charge is -2.25. The molecule has 0 radical (unpaired) electrons. The van der Waals surface area contributed by atoms with Gasteiger partial charge < -0.3 is 14.6 Å². The second kappa shape index (κ2) is 6.54. The average Bonchev–Trinajstić information content (AvgIpc) is 2.89. The number of hydrogen-bond acceptors (Lipinski definition) is 3.